The number of aromatic nitrogens is 2. The highest BCUT2D eigenvalue weighted by Gasteiger charge is 2.36. The third kappa shape index (κ3) is 1.98. The van der Waals surface area contributed by atoms with Crippen LogP contribution in [0.1, 0.15) is 53.2 Å². The van der Waals surface area contributed by atoms with Crippen LogP contribution in [0.4, 0.5) is 0 Å². The van der Waals surface area contributed by atoms with E-state index in [0.29, 0.717) is 30.8 Å². The van der Waals surface area contributed by atoms with Crippen molar-refractivity contribution in [1.82, 2.24) is 14.9 Å². The second-order valence-corrected chi connectivity index (χ2v) is 5.38. The molecule has 1 saturated heterocycles. The Hall–Kier alpha value is -1.89. The quantitative estimate of drug-likeness (QED) is 0.749. The number of aromatic carboxylic acids is 1. The molecule has 0 aromatic carbocycles. The molecule has 1 aromatic heterocycles. The molecule has 3 heterocycles. The van der Waals surface area contributed by atoms with Crippen molar-refractivity contribution in [2.45, 2.75) is 37.6 Å². The molecule has 3 rings (SSSR count). The molecule has 1 fully saturated rings. The Labute approximate surface area is 115 Å². The van der Waals surface area contributed by atoms with Crippen molar-refractivity contribution in [2.24, 2.45) is 0 Å². The molecule has 0 saturated carbocycles. The number of rotatable bonds is 3. The van der Waals surface area contributed by atoms with Gasteiger partial charge in [-0.15, -0.1) is 0 Å². The summed E-state index contributed by atoms with van der Waals surface area (Å²) in [6.45, 7) is 1.58. The first-order valence-electron chi connectivity index (χ1n) is 6.87. The molecule has 0 aliphatic carbocycles. The molecule has 108 valence electrons. The summed E-state index contributed by atoms with van der Waals surface area (Å²) in [6, 6.07) is -0.685. The molecule has 20 heavy (non-hydrogen) atoms. The fourth-order valence-electron chi connectivity index (χ4n) is 3.23. The van der Waals surface area contributed by atoms with E-state index in [-0.39, 0.29) is 11.6 Å². The maximum Gasteiger partial charge on any atom is 0.356 e. The van der Waals surface area contributed by atoms with Crippen molar-refractivity contribution in [3.63, 3.8) is 0 Å². The van der Waals surface area contributed by atoms with Crippen LogP contribution in [0.25, 0.3) is 0 Å². The number of hydrogen-bond donors (Lipinski definition) is 3. The van der Waals surface area contributed by atoms with Crippen LogP contribution >= 0.6 is 0 Å². The number of carboxylic acids is 2. The maximum absolute atomic E-state index is 11.5. The normalized spacial score (nSPS) is 25.4. The van der Waals surface area contributed by atoms with Gasteiger partial charge in [-0.05, 0) is 32.2 Å². The lowest BCUT2D eigenvalue weighted by atomic mass is 10.00. The minimum atomic E-state index is -1.07. The Morgan fingerprint density at radius 1 is 1.30 bits per heavy atom. The Bertz CT molecular complexity index is 560. The summed E-state index contributed by atoms with van der Waals surface area (Å²) >= 11 is 0. The van der Waals surface area contributed by atoms with Crippen LogP contribution in [0.15, 0.2) is 0 Å². The van der Waals surface area contributed by atoms with Gasteiger partial charge in [0.25, 0.3) is 0 Å². The van der Waals surface area contributed by atoms with Gasteiger partial charge < -0.3 is 20.1 Å². The van der Waals surface area contributed by atoms with Crippen LogP contribution in [0.3, 0.4) is 0 Å². The molecular weight excluding hydrogens is 262 g/mol. The van der Waals surface area contributed by atoms with Gasteiger partial charge in [0, 0.05) is 12.5 Å². The molecule has 3 N–H and O–H groups in total. The highest BCUT2D eigenvalue weighted by molar-refractivity contribution is 5.87. The van der Waals surface area contributed by atoms with Gasteiger partial charge in [-0.3, -0.25) is 0 Å². The number of carboxylic acid groups (broad SMARTS) is 2. The lowest BCUT2D eigenvalue weighted by Crippen LogP contribution is -2.28. The predicted molar refractivity (Wildman–Crippen MR) is 69.0 cm³/mol. The third-order valence-electron chi connectivity index (χ3n) is 4.15. The largest absolute Gasteiger partial charge is 0.480 e. The number of aliphatic carboxylic acids is 1. The Morgan fingerprint density at radius 3 is 2.70 bits per heavy atom. The molecule has 1 aromatic rings. The first-order chi connectivity index (χ1) is 9.59. The molecule has 2 aliphatic heterocycles. The second-order valence-electron chi connectivity index (χ2n) is 5.38. The average Bonchev–Trinajstić information content (AvgIpc) is 3.04. The van der Waals surface area contributed by atoms with Crippen molar-refractivity contribution >= 4 is 11.9 Å². The molecular formula is C13H17N3O4. The van der Waals surface area contributed by atoms with Gasteiger partial charge in [0.2, 0.25) is 0 Å². The van der Waals surface area contributed by atoms with Crippen molar-refractivity contribution in [2.75, 3.05) is 13.1 Å². The van der Waals surface area contributed by atoms with Crippen LogP contribution in [0, 0.1) is 0 Å². The van der Waals surface area contributed by atoms with E-state index in [1.54, 1.807) is 4.57 Å². The van der Waals surface area contributed by atoms with Gasteiger partial charge in [-0.2, -0.15) is 0 Å². The summed E-state index contributed by atoms with van der Waals surface area (Å²) in [7, 11) is 0. The van der Waals surface area contributed by atoms with E-state index in [1.807, 2.05) is 0 Å². The van der Waals surface area contributed by atoms with E-state index in [2.05, 4.69) is 10.3 Å². The molecule has 0 spiro atoms. The number of nitrogens with one attached hydrogen (secondary N) is 1. The molecule has 0 bridgehead atoms. The third-order valence-corrected chi connectivity index (χ3v) is 4.15. The molecule has 7 heteroatoms. The standard InChI is InChI=1S/C13H17N3O4/c17-12(18)9-3-1-2-8-10(13(19)20)15-11(16(8)9)7-4-5-14-6-7/h7,9,14H,1-6H2,(H,17,18)(H,19,20). The minimum absolute atomic E-state index is 0.0258. The highest BCUT2D eigenvalue weighted by Crippen LogP contribution is 2.34. The van der Waals surface area contributed by atoms with Crippen LogP contribution in [0.5, 0.6) is 0 Å². The zero-order valence-corrected chi connectivity index (χ0v) is 11.0. The van der Waals surface area contributed by atoms with Crippen molar-refractivity contribution in [3.8, 4) is 0 Å². The summed E-state index contributed by atoms with van der Waals surface area (Å²) < 4.78 is 1.67. The zero-order valence-electron chi connectivity index (χ0n) is 11.0. The summed E-state index contributed by atoms with van der Waals surface area (Å²) in [5, 5.41) is 21.9. The second kappa shape index (κ2) is 4.90. The molecule has 0 radical (unpaired) electrons. The maximum atomic E-state index is 11.5. The first kappa shape index (κ1) is 13.1. The minimum Gasteiger partial charge on any atom is -0.480 e. The lowest BCUT2D eigenvalue weighted by Gasteiger charge is -2.25. The van der Waals surface area contributed by atoms with E-state index in [9.17, 15) is 19.8 Å². The molecule has 2 unspecified atom stereocenters. The van der Waals surface area contributed by atoms with E-state index in [0.717, 1.165) is 19.5 Å². The van der Waals surface area contributed by atoms with E-state index < -0.39 is 18.0 Å². The van der Waals surface area contributed by atoms with Crippen molar-refractivity contribution in [3.05, 3.63) is 17.2 Å². The molecule has 0 amide bonds. The van der Waals surface area contributed by atoms with E-state index in [1.165, 1.54) is 0 Å². The van der Waals surface area contributed by atoms with Gasteiger partial charge in [0.05, 0.1) is 5.69 Å². The Morgan fingerprint density at radius 2 is 2.10 bits per heavy atom. The van der Waals surface area contributed by atoms with Gasteiger partial charge >= 0.3 is 11.9 Å². The van der Waals surface area contributed by atoms with E-state index >= 15 is 0 Å². The first-order valence-corrected chi connectivity index (χ1v) is 6.87. The summed E-state index contributed by atoms with van der Waals surface area (Å²) in [5.74, 6) is -1.26. The average molecular weight is 279 g/mol. The van der Waals surface area contributed by atoms with Gasteiger partial charge in [0.1, 0.15) is 11.9 Å². The molecule has 2 aliphatic rings. The molecule has 2 atom stereocenters. The Kier molecular flexibility index (Phi) is 3.21. The number of imidazole rings is 1. The smallest absolute Gasteiger partial charge is 0.356 e. The van der Waals surface area contributed by atoms with Crippen LogP contribution in [0.2, 0.25) is 0 Å². The summed E-state index contributed by atoms with van der Waals surface area (Å²) in [5.41, 5.74) is 0.593. The SMILES string of the molecule is O=C(O)c1nc(C2CCNC2)n2c1CCCC2C(=O)O. The Balaban J connectivity index is 2.13. The fraction of sp³-hybridized carbons (Fsp3) is 0.615. The topological polar surface area (TPSA) is 104 Å². The van der Waals surface area contributed by atoms with Gasteiger partial charge in [-0.1, -0.05) is 0 Å². The van der Waals surface area contributed by atoms with Crippen molar-refractivity contribution < 1.29 is 19.8 Å². The number of fused-ring (bicyclic) bond motifs is 1. The van der Waals surface area contributed by atoms with Gasteiger partial charge in [-0.25, -0.2) is 14.6 Å². The van der Waals surface area contributed by atoms with Gasteiger partial charge in [0.15, 0.2) is 5.69 Å². The number of carbonyl (C=O) groups is 2. The fourth-order valence-corrected chi connectivity index (χ4v) is 3.23. The number of nitrogens with zero attached hydrogens (tertiary/aromatic N) is 2. The molecule has 7 nitrogen and oxygen atoms in total. The zero-order chi connectivity index (χ0) is 14.3. The van der Waals surface area contributed by atoms with Crippen LogP contribution in [-0.2, 0) is 11.2 Å². The van der Waals surface area contributed by atoms with Crippen LogP contribution < -0.4 is 5.32 Å². The highest BCUT2D eigenvalue weighted by atomic mass is 16.4. The summed E-state index contributed by atoms with van der Waals surface area (Å²) in [4.78, 5) is 27.1. The monoisotopic (exact) mass is 279 g/mol. The van der Waals surface area contributed by atoms with Crippen LogP contribution in [-0.4, -0.2) is 44.8 Å². The lowest BCUT2D eigenvalue weighted by molar-refractivity contribution is -0.141. The predicted octanol–water partition coefficient (Wildman–Crippen LogP) is 0.620. The van der Waals surface area contributed by atoms with Crippen molar-refractivity contribution in [1.29, 1.82) is 0 Å². The van der Waals surface area contributed by atoms with E-state index in [4.69, 9.17) is 0 Å². The number of hydrogen-bond acceptors (Lipinski definition) is 4. The summed E-state index contributed by atoms with van der Waals surface area (Å²) in [6.07, 6.45) is 2.66.